The van der Waals surface area contributed by atoms with Gasteiger partial charge in [0.25, 0.3) is 5.91 Å². The van der Waals surface area contributed by atoms with Crippen LogP contribution in [0.4, 0.5) is 0 Å². The number of nitrogens with two attached hydrogens (primary N) is 4. The SMILES string of the molecule is CN[C@H]1CCNC(=O)[C@H](N)NC(=O)[C@H](CCN)NC(=O)[C@H](CCN)NC(=O)CNC(=O)[C@@H](C)NC(=O)[C@H](CCN)NC1=O. The molecule has 1 aliphatic heterocycles. The highest BCUT2D eigenvalue weighted by Crippen LogP contribution is 2.00. The molecule has 1 rings (SSSR count). The minimum absolute atomic E-state index is 0.00126. The minimum atomic E-state index is -1.50. The van der Waals surface area contributed by atoms with Crippen molar-refractivity contribution >= 4 is 41.4 Å². The van der Waals surface area contributed by atoms with Gasteiger partial charge in [0.05, 0.1) is 12.6 Å². The average molecular weight is 615 g/mol. The third-order valence-corrected chi connectivity index (χ3v) is 6.44. The molecule has 43 heavy (non-hydrogen) atoms. The Morgan fingerprint density at radius 1 is 0.651 bits per heavy atom. The summed E-state index contributed by atoms with van der Waals surface area (Å²) in [6.45, 7) is 0.847. The Bertz CT molecular complexity index is 998. The Kier molecular flexibility index (Phi) is 16.7. The van der Waals surface area contributed by atoms with E-state index in [1.165, 1.54) is 14.0 Å². The highest BCUT2D eigenvalue weighted by molar-refractivity contribution is 5.96. The van der Waals surface area contributed by atoms with Crippen LogP contribution in [-0.4, -0.2) is 117 Å². The van der Waals surface area contributed by atoms with Crippen LogP contribution < -0.4 is 65.5 Å². The molecule has 0 radical (unpaired) electrons. The molecule has 1 aliphatic rings. The Labute approximate surface area is 249 Å². The van der Waals surface area contributed by atoms with Crippen molar-refractivity contribution < 1.29 is 33.6 Å². The first-order valence-corrected chi connectivity index (χ1v) is 14.0. The molecule has 0 unspecified atom stereocenters. The van der Waals surface area contributed by atoms with Gasteiger partial charge in [-0.1, -0.05) is 0 Å². The maximum Gasteiger partial charge on any atom is 0.257 e. The molecule has 1 fully saturated rings. The maximum atomic E-state index is 12.9. The lowest BCUT2D eigenvalue weighted by molar-refractivity contribution is -0.134. The van der Waals surface area contributed by atoms with E-state index in [-0.39, 0.29) is 51.9 Å². The van der Waals surface area contributed by atoms with Gasteiger partial charge >= 0.3 is 0 Å². The van der Waals surface area contributed by atoms with E-state index in [1.54, 1.807) is 0 Å². The first-order chi connectivity index (χ1) is 20.4. The van der Waals surface area contributed by atoms with Gasteiger partial charge in [0.2, 0.25) is 35.4 Å². The zero-order valence-corrected chi connectivity index (χ0v) is 24.5. The molecular weight excluding hydrogens is 568 g/mol. The second-order valence-electron chi connectivity index (χ2n) is 9.83. The molecule has 7 amide bonds. The molecular formula is C24H46N12O7. The number of carbonyl (C=O) groups excluding carboxylic acids is 7. The van der Waals surface area contributed by atoms with Crippen LogP contribution in [-0.2, 0) is 33.6 Å². The van der Waals surface area contributed by atoms with Gasteiger partial charge in [0, 0.05) is 6.54 Å². The number of hydrogen-bond acceptors (Lipinski definition) is 12. The fourth-order valence-corrected chi connectivity index (χ4v) is 3.97. The number of nitrogens with one attached hydrogen (secondary N) is 8. The summed E-state index contributed by atoms with van der Waals surface area (Å²) < 4.78 is 0. The van der Waals surface area contributed by atoms with E-state index in [9.17, 15) is 33.6 Å². The lowest BCUT2D eigenvalue weighted by Gasteiger charge is -2.24. The van der Waals surface area contributed by atoms with Crippen molar-refractivity contribution in [1.29, 1.82) is 0 Å². The molecule has 19 heteroatoms. The molecule has 0 saturated carbocycles. The largest absolute Gasteiger partial charge is 0.353 e. The molecule has 0 spiro atoms. The summed E-state index contributed by atoms with van der Waals surface area (Å²) in [4.78, 5) is 89.1. The lowest BCUT2D eigenvalue weighted by atomic mass is 10.1. The normalized spacial score (nSPS) is 27.9. The summed E-state index contributed by atoms with van der Waals surface area (Å²) >= 11 is 0. The fourth-order valence-electron chi connectivity index (χ4n) is 3.97. The van der Waals surface area contributed by atoms with Crippen molar-refractivity contribution in [3.63, 3.8) is 0 Å². The van der Waals surface area contributed by atoms with Crippen LogP contribution in [0, 0.1) is 0 Å². The van der Waals surface area contributed by atoms with Crippen LogP contribution in [0.3, 0.4) is 0 Å². The van der Waals surface area contributed by atoms with Crippen LogP contribution in [0.1, 0.15) is 32.6 Å². The van der Waals surface area contributed by atoms with Crippen LogP contribution in [0.2, 0.25) is 0 Å². The van der Waals surface area contributed by atoms with Gasteiger partial charge in [-0.25, -0.2) is 0 Å². The van der Waals surface area contributed by atoms with Crippen LogP contribution in [0.25, 0.3) is 0 Å². The van der Waals surface area contributed by atoms with E-state index in [0.29, 0.717) is 0 Å². The summed E-state index contributed by atoms with van der Waals surface area (Å²) in [5.74, 6) is -5.02. The topological polar surface area (TPSA) is 320 Å². The lowest BCUT2D eigenvalue weighted by Crippen LogP contribution is -2.60. The molecule has 16 N–H and O–H groups in total. The quantitative estimate of drug-likeness (QED) is 0.127. The smallest absolute Gasteiger partial charge is 0.257 e. The van der Waals surface area contributed by atoms with Gasteiger partial charge in [0.15, 0.2) is 6.17 Å². The summed E-state index contributed by atoms with van der Waals surface area (Å²) in [6, 6.07) is -5.39. The Morgan fingerprint density at radius 2 is 1.14 bits per heavy atom. The van der Waals surface area contributed by atoms with E-state index in [0.717, 1.165) is 0 Å². The predicted octanol–water partition coefficient (Wildman–Crippen LogP) is -7.38. The van der Waals surface area contributed by atoms with Crippen LogP contribution >= 0.6 is 0 Å². The van der Waals surface area contributed by atoms with E-state index in [1.807, 2.05) is 0 Å². The Balaban J connectivity index is 3.22. The Hall–Kier alpha value is -3.91. The monoisotopic (exact) mass is 614 g/mol. The van der Waals surface area contributed by atoms with Crippen molar-refractivity contribution in [3.8, 4) is 0 Å². The average Bonchev–Trinajstić information content (AvgIpc) is 2.96. The first-order valence-electron chi connectivity index (χ1n) is 14.0. The molecule has 0 aromatic heterocycles. The van der Waals surface area contributed by atoms with Crippen LogP contribution in [0.5, 0.6) is 0 Å². The molecule has 6 atom stereocenters. The number of likely N-dealkylation sites (N-methyl/N-ethyl adjacent to an activating group) is 1. The van der Waals surface area contributed by atoms with Gasteiger partial charge in [-0.15, -0.1) is 0 Å². The van der Waals surface area contributed by atoms with Crippen molar-refractivity contribution in [3.05, 3.63) is 0 Å². The van der Waals surface area contributed by atoms with Gasteiger partial charge in [-0.05, 0) is 59.3 Å². The van der Waals surface area contributed by atoms with E-state index in [2.05, 4.69) is 42.5 Å². The minimum Gasteiger partial charge on any atom is -0.353 e. The summed E-state index contributed by atoms with van der Waals surface area (Å²) in [7, 11) is 1.51. The number of hydrogen-bond donors (Lipinski definition) is 12. The molecule has 0 aliphatic carbocycles. The van der Waals surface area contributed by atoms with Crippen molar-refractivity contribution in [2.24, 2.45) is 22.9 Å². The van der Waals surface area contributed by atoms with E-state index >= 15 is 0 Å². The molecule has 1 heterocycles. The summed E-state index contributed by atoms with van der Waals surface area (Å²) in [5.41, 5.74) is 22.6. The van der Waals surface area contributed by atoms with Crippen molar-refractivity contribution in [1.82, 2.24) is 42.5 Å². The van der Waals surface area contributed by atoms with Crippen LogP contribution in [0.15, 0.2) is 0 Å². The molecule has 1 saturated heterocycles. The second kappa shape index (κ2) is 19.3. The van der Waals surface area contributed by atoms with Gasteiger partial charge in [-0.2, -0.15) is 0 Å². The molecule has 0 bridgehead atoms. The first kappa shape index (κ1) is 37.1. The van der Waals surface area contributed by atoms with Crippen molar-refractivity contribution in [2.75, 3.05) is 39.8 Å². The molecule has 244 valence electrons. The second-order valence-corrected chi connectivity index (χ2v) is 9.83. The zero-order valence-electron chi connectivity index (χ0n) is 24.5. The third kappa shape index (κ3) is 12.9. The molecule has 0 aromatic carbocycles. The van der Waals surface area contributed by atoms with Gasteiger partial charge < -0.3 is 65.5 Å². The fraction of sp³-hybridized carbons (Fsp3) is 0.708. The van der Waals surface area contributed by atoms with Gasteiger partial charge in [-0.3, -0.25) is 33.6 Å². The van der Waals surface area contributed by atoms with E-state index < -0.39 is 84.3 Å². The van der Waals surface area contributed by atoms with Gasteiger partial charge in [0.1, 0.15) is 24.2 Å². The number of rotatable bonds is 7. The summed E-state index contributed by atoms with van der Waals surface area (Å²) in [5, 5.41) is 19.9. The Morgan fingerprint density at radius 3 is 1.67 bits per heavy atom. The number of amides is 7. The summed E-state index contributed by atoms with van der Waals surface area (Å²) in [6.07, 6.45) is -1.38. The predicted molar refractivity (Wildman–Crippen MR) is 154 cm³/mol. The third-order valence-electron chi connectivity index (χ3n) is 6.44. The number of carbonyl (C=O) groups is 7. The zero-order chi connectivity index (χ0) is 32.5. The molecule has 19 nitrogen and oxygen atoms in total. The van der Waals surface area contributed by atoms with Crippen molar-refractivity contribution in [2.45, 2.75) is 69.0 Å². The van der Waals surface area contributed by atoms with E-state index in [4.69, 9.17) is 22.9 Å². The highest BCUT2D eigenvalue weighted by Gasteiger charge is 2.30. The standard InChI is InChI=1S/C24H46N12O7/c1-12-19(38)31-11-17(37)33-14(3-7-25)22(41)35-16(5-9-27)23(42)36-18(28)24(43)30-10-6-13(29-2)20(39)34-15(4-8-26)21(40)32-12/h12-16,18,29H,3-11,25-28H2,1-2H3,(H,30,43)(H,31,38)(H,32,40)(H,33,37)(H,34,39)(H,35,41)(H,36,42)/t12-,13+,14+,15+,16+,18-/m1/s1. The highest BCUT2D eigenvalue weighted by atomic mass is 16.2. The maximum absolute atomic E-state index is 12.9. The molecule has 0 aromatic rings.